The summed E-state index contributed by atoms with van der Waals surface area (Å²) in [5, 5.41) is 0. The van der Waals surface area contributed by atoms with Crippen LogP contribution in [0.25, 0.3) is 12.2 Å². The number of carbonyl (C=O) groups excluding carboxylic acids is 4. The number of esters is 4. The van der Waals surface area contributed by atoms with Gasteiger partial charge in [-0.25, -0.2) is 9.59 Å². The zero-order valence-corrected chi connectivity index (χ0v) is 46.2. The normalized spacial score (nSPS) is 12.9. The lowest BCUT2D eigenvalue weighted by atomic mass is 9.69. The van der Waals surface area contributed by atoms with Crippen LogP contribution < -0.4 is 30.4 Å². The maximum Gasteiger partial charge on any atom is 0.330 e. The third-order valence-electron chi connectivity index (χ3n) is 13.2. The third kappa shape index (κ3) is 22.1. The van der Waals surface area contributed by atoms with Gasteiger partial charge in [0.15, 0.2) is 23.0 Å². The van der Waals surface area contributed by atoms with Crippen LogP contribution in [0.3, 0.4) is 0 Å². The minimum Gasteiger partial charge on any atom is -0.493 e. The van der Waals surface area contributed by atoms with Crippen LogP contribution in [0.2, 0.25) is 0 Å². The second-order valence-corrected chi connectivity index (χ2v) is 19.1. The molecular weight excluding hydrogens is 977 g/mol. The van der Waals surface area contributed by atoms with Gasteiger partial charge in [0.1, 0.15) is 0 Å². The van der Waals surface area contributed by atoms with Gasteiger partial charge in [-0.2, -0.15) is 0 Å². The Hall–Kier alpha value is -6.64. The molecule has 0 fully saturated rings. The van der Waals surface area contributed by atoms with Crippen molar-refractivity contribution in [2.24, 2.45) is 16.9 Å². The fourth-order valence-corrected chi connectivity index (χ4v) is 8.68. The lowest BCUT2D eigenvalue weighted by Gasteiger charge is -2.39. The van der Waals surface area contributed by atoms with E-state index in [0.29, 0.717) is 86.2 Å². The summed E-state index contributed by atoms with van der Waals surface area (Å²) in [6.07, 6.45) is 22.0. The van der Waals surface area contributed by atoms with Crippen molar-refractivity contribution in [2.75, 3.05) is 53.9 Å². The molecule has 0 radical (unpaired) electrons. The van der Waals surface area contributed by atoms with Crippen LogP contribution in [0.15, 0.2) is 109 Å². The number of unbranched alkanes of at least 4 members (excludes halogenated alkanes) is 14. The Labute approximate surface area is 458 Å². The maximum atomic E-state index is 14.5. The molecular formula is C63H86N2O12. The molecule has 0 saturated heterocycles. The Balaban J connectivity index is 1.19. The Bertz CT molecular complexity index is 2210. The van der Waals surface area contributed by atoms with Gasteiger partial charge in [-0.05, 0) is 97.2 Å². The summed E-state index contributed by atoms with van der Waals surface area (Å²) >= 11 is 0. The van der Waals surface area contributed by atoms with Crippen LogP contribution in [0.4, 0.5) is 0 Å². The zero-order valence-electron chi connectivity index (χ0n) is 46.2. The van der Waals surface area contributed by atoms with E-state index in [1.807, 2.05) is 48.5 Å². The standard InChI is InChI=1S/C63H86N2O12/c1-5-7-23-41-72-53-37-33-49(47-55(53)70-3)35-39-57(66)74-43-25-13-9-11-15-27-45-76-61(68)63(59(64)51-29-19-17-20-30-51,60(65)52-31-21-18-22-32-52)62(69)77-46-28-16-12-10-14-26-44-75-58(67)40-36-50-34-38-54(56(48-50)71-4)73-42-24-8-6-2/h17-22,29-40,47-48,59-60H,5-16,23-28,41-46,64-65H2,1-4H3. The third-order valence-corrected chi connectivity index (χ3v) is 13.2. The Morgan fingerprint density at radius 3 is 1.12 bits per heavy atom. The van der Waals surface area contributed by atoms with Gasteiger partial charge in [0, 0.05) is 12.2 Å². The van der Waals surface area contributed by atoms with Gasteiger partial charge < -0.3 is 49.4 Å². The van der Waals surface area contributed by atoms with Crippen LogP contribution in [-0.2, 0) is 38.1 Å². The second-order valence-electron chi connectivity index (χ2n) is 19.1. The number of carbonyl (C=O) groups is 4. The summed E-state index contributed by atoms with van der Waals surface area (Å²) in [6, 6.07) is 26.6. The van der Waals surface area contributed by atoms with Crippen LogP contribution in [0.1, 0.15) is 164 Å². The maximum absolute atomic E-state index is 14.5. The molecule has 4 rings (SSSR count). The number of nitrogens with two attached hydrogens (primary N) is 2. The SMILES string of the molecule is CCCCCOc1ccc(C=CC(=O)OCCCCCCCCOC(=O)C(C(=O)OCCCCCCCCOC(=O)C=Cc2ccc(OCCCCC)c(OC)c2)(C(N)c2ccccc2)C(N)c2ccccc2)cc1OC. The van der Waals surface area contributed by atoms with Gasteiger partial charge in [-0.3, -0.25) is 9.59 Å². The number of benzene rings is 4. The first-order chi connectivity index (χ1) is 37.6. The van der Waals surface area contributed by atoms with Gasteiger partial charge in [0.05, 0.1) is 65.9 Å². The van der Waals surface area contributed by atoms with Crippen molar-refractivity contribution in [3.8, 4) is 23.0 Å². The van der Waals surface area contributed by atoms with Crippen molar-refractivity contribution in [3.05, 3.63) is 131 Å². The molecule has 0 aliphatic rings. The van der Waals surface area contributed by atoms with E-state index in [0.717, 1.165) is 101 Å². The molecule has 0 aliphatic heterocycles. The van der Waals surface area contributed by atoms with Crippen molar-refractivity contribution in [2.45, 2.75) is 142 Å². The Morgan fingerprint density at radius 1 is 0.429 bits per heavy atom. The number of hydrogen-bond donors (Lipinski definition) is 2. The minimum absolute atomic E-state index is 0.0664. The van der Waals surface area contributed by atoms with Gasteiger partial charge in [0.25, 0.3) is 0 Å². The smallest absolute Gasteiger partial charge is 0.330 e. The van der Waals surface area contributed by atoms with Crippen molar-refractivity contribution in [3.63, 3.8) is 0 Å². The van der Waals surface area contributed by atoms with E-state index in [2.05, 4.69) is 13.8 Å². The first kappa shape index (κ1) is 62.9. The Kier molecular flexibility index (Phi) is 30.4. The highest BCUT2D eigenvalue weighted by molar-refractivity contribution is 6.02. The highest BCUT2D eigenvalue weighted by atomic mass is 16.6. The highest BCUT2D eigenvalue weighted by Crippen LogP contribution is 2.45. The average Bonchev–Trinajstić information content (AvgIpc) is 3.46. The number of methoxy groups -OCH3 is 2. The molecule has 77 heavy (non-hydrogen) atoms. The lowest BCUT2D eigenvalue weighted by Crippen LogP contribution is -2.56. The molecule has 0 heterocycles. The van der Waals surface area contributed by atoms with E-state index in [1.165, 1.54) is 12.2 Å². The van der Waals surface area contributed by atoms with Gasteiger partial charge in [-0.15, -0.1) is 0 Å². The van der Waals surface area contributed by atoms with Crippen LogP contribution in [-0.4, -0.2) is 77.7 Å². The van der Waals surface area contributed by atoms with Gasteiger partial charge in [-0.1, -0.05) is 164 Å². The van der Waals surface area contributed by atoms with Crippen molar-refractivity contribution in [1.82, 2.24) is 0 Å². The summed E-state index contributed by atoms with van der Waals surface area (Å²) in [5.74, 6) is 0.0735. The zero-order chi connectivity index (χ0) is 55.4. The summed E-state index contributed by atoms with van der Waals surface area (Å²) in [5.41, 5.74) is 14.5. The minimum atomic E-state index is -2.10. The molecule has 4 aromatic carbocycles. The molecule has 0 aliphatic carbocycles. The quantitative estimate of drug-likeness (QED) is 0.0140. The van der Waals surface area contributed by atoms with E-state index in [4.69, 9.17) is 49.4 Å². The van der Waals surface area contributed by atoms with Crippen LogP contribution >= 0.6 is 0 Å². The molecule has 0 amide bonds. The van der Waals surface area contributed by atoms with E-state index < -0.39 is 41.4 Å². The molecule has 4 N–H and O–H groups in total. The van der Waals surface area contributed by atoms with E-state index in [9.17, 15) is 19.2 Å². The first-order valence-corrected chi connectivity index (χ1v) is 27.9. The molecule has 0 spiro atoms. The molecule has 14 heteroatoms. The number of rotatable bonds is 40. The molecule has 420 valence electrons. The number of hydrogen-bond acceptors (Lipinski definition) is 14. The van der Waals surface area contributed by atoms with E-state index in [-0.39, 0.29) is 13.2 Å². The van der Waals surface area contributed by atoms with Gasteiger partial charge in [0.2, 0.25) is 5.41 Å². The van der Waals surface area contributed by atoms with E-state index >= 15 is 0 Å². The molecule has 2 atom stereocenters. The largest absolute Gasteiger partial charge is 0.493 e. The molecule has 14 nitrogen and oxygen atoms in total. The fourth-order valence-electron chi connectivity index (χ4n) is 8.68. The molecule has 0 aromatic heterocycles. The molecule has 0 bridgehead atoms. The van der Waals surface area contributed by atoms with Crippen LogP contribution in [0.5, 0.6) is 23.0 Å². The summed E-state index contributed by atoms with van der Waals surface area (Å²) < 4.78 is 45.4. The van der Waals surface area contributed by atoms with E-state index in [1.54, 1.807) is 74.9 Å². The Morgan fingerprint density at radius 2 is 0.766 bits per heavy atom. The van der Waals surface area contributed by atoms with Gasteiger partial charge >= 0.3 is 23.9 Å². The average molecular weight is 1060 g/mol. The second kappa shape index (κ2) is 37.2. The predicted molar refractivity (Wildman–Crippen MR) is 303 cm³/mol. The first-order valence-electron chi connectivity index (χ1n) is 27.9. The topological polar surface area (TPSA) is 194 Å². The summed E-state index contributed by atoms with van der Waals surface area (Å²) in [6.45, 7) is 6.29. The molecule has 0 saturated carbocycles. The fraction of sp³-hybridized carbons (Fsp3) is 0.492. The monoisotopic (exact) mass is 1060 g/mol. The molecule has 4 aromatic rings. The van der Waals surface area contributed by atoms with Crippen LogP contribution in [0, 0.1) is 5.41 Å². The van der Waals surface area contributed by atoms with Crippen molar-refractivity contribution in [1.29, 1.82) is 0 Å². The van der Waals surface area contributed by atoms with Crippen molar-refractivity contribution < 1.29 is 57.1 Å². The number of ether oxygens (including phenoxy) is 8. The summed E-state index contributed by atoms with van der Waals surface area (Å²) in [7, 11) is 3.18. The lowest BCUT2D eigenvalue weighted by molar-refractivity contribution is -0.177. The molecule has 2 unspecified atom stereocenters. The highest BCUT2D eigenvalue weighted by Gasteiger charge is 2.59. The summed E-state index contributed by atoms with van der Waals surface area (Å²) in [4.78, 5) is 53.9. The van der Waals surface area contributed by atoms with Crippen molar-refractivity contribution >= 4 is 36.0 Å². The predicted octanol–water partition coefficient (Wildman–Crippen LogP) is 12.8.